The van der Waals surface area contributed by atoms with Gasteiger partial charge in [0, 0.05) is 6.04 Å². The highest BCUT2D eigenvalue weighted by Crippen LogP contribution is 2.35. The average Bonchev–Trinajstić information content (AvgIpc) is 2.77. The molecule has 0 saturated carbocycles. The number of imidazole rings is 1. The van der Waals surface area contributed by atoms with Gasteiger partial charge in [0.25, 0.3) is 0 Å². The van der Waals surface area contributed by atoms with Gasteiger partial charge in [0.1, 0.15) is 0 Å². The van der Waals surface area contributed by atoms with E-state index in [1.807, 2.05) is 18.2 Å². The van der Waals surface area contributed by atoms with Crippen molar-refractivity contribution in [2.24, 2.45) is 5.92 Å². The number of carboxylic acids is 1. The highest BCUT2D eigenvalue weighted by Gasteiger charge is 2.22. The van der Waals surface area contributed by atoms with E-state index in [0.29, 0.717) is 10.9 Å². The highest BCUT2D eigenvalue weighted by atomic mass is 35.5. The summed E-state index contributed by atoms with van der Waals surface area (Å²) in [5, 5.41) is 10.3. The number of halogens is 1. The first kappa shape index (κ1) is 16.2. The lowest BCUT2D eigenvalue weighted by molar-refractivity contribution is -0.133. The van der Waals surface area contributed by atoms with Gasteiger partial charge in [-0.3, -0.25) is 4.79 Å². The third kappa shape index (κ3) is 3.35. The molecule has 114 valence electrons. The van der Waals surface area contributed by atoms with Gasteiger partial charge in [-0.15, -0.1) is 0 Å². The Kier molecular flexibility index (Phi) is 5.17. The number of aromatic nitrogens is 2. The van der Waals surface area contributed by atoms with Crippen LogP contribution in [-0.4, -0.2) is 26.4 Å². The fourth-order valence-corrected chi connectivity index (χ4v) is 3.61. The number of carboxylic acid groups (broad SMARTS) is 1. The zero-order valence-electron chi connectivity index (χ0n) is 12.3. The van der Waals surface area contributed by atoms with Crippen molar-refractivity contribution in [2.75, 3.05) is 5.75 Å². The van der Waals surface area contributed by atoms with Crippen LogP contribution in [0, 0.1) is 5.92 Å². The van der Waals surface area contributed by atoms with E-state index in [0.717, 1.165) is 22.6 Å². The first-order chi connectivity index (χ1) is 9.95. The van der Waals surface area contributed by atoms with Crippen LogP contribution in [0.4, 0.5) is 0 Å². The fourth-order valence-electron chi connectivity index (χ4n) is 2.57. The molecule has 1 N–H and O–H groups in total. The molecule has 0 radical (unpaired) electrons. The molecular formula is C15H19ClN2O2S. The standard InChI is InChI=1S/C15H19ClN2O2S/c1-4-12(9(2)3)18-14-10(16)6-5-7-11(14)17-15(18)21-8-13(19)20/h5-7,9,12H,4,8H2,1-3H3,(H,19,20). The molecule has 21 heavy (non-hydrogen) atoms. The number of para-hydroxylation sites is 1. The van der Waals surface area contributed by atoms with Gasteiger partial charge in [0.2, 0.25) is 0 Å². The van der Waals surface area contributed by atoms with E-state index in [9.17, 15) is 4.79 Å². The van der Waals surface area contributed by atoms with Gasteiger partial charge >= 0.3 is 5.97 Å². The van der Waals surface area contributed by atoms with Gasteiger partial charge in [-0.25, -0.2) is 4.98 Å². The predicted molar refractivity (Wildman–Crippen MR) is 87.3 cm³/mol. The fraction of sp³-hybridized carbons (Fsp3) is 0.467. The molecule has 0 spiro atoms. The summed E-state index contributed by atoms with van der Waals surface area (Å²) >= 11 is 7.60. The Balaban J connectivity index is 2.60. The summed E-state index contributed by atoms with van der Waals surface area (Å²) in [5.41, 5.74) is 1.71. The van der Waals surface area contributed by atoms with Crippen LogP contribution in [0.3, 0.4) is 0 Å². The summed E-state index contributed by atoms with van der Waals surface area (Å²) in [5.74, 6) is -0.440. The maximum atomic E-state index is 10.9. The first-order valence-corrected chi connectivity index (χ1v) is 8.33. The number of carbonyl (C=O) groups is 1. The molecule has 0 bridgehead atoms. The zero-order valence-corrected chi connectivity index (χ0v) is 13.9. The Morgan fingerprint density at radius 1 is 1.48 bits per heavy atom. The number of rotatable bonds is 6. The molecule has 1 heterocycles. The Labute approximate surface area is 133 Å². The van der Waals surface area contributed by atoms with E-state index in [1.165, 1.54) is 11.8 Å². The number of aliphatic carboxylic acids is 1. The smallest absolute Gasteiger partial charge is 0.313 e. The van der Waals surface area contributed by atoms with Crippen LogP contribution < -0.4 is 0 Å². The van der Waals surface area contributed by atoms with Crippen molar-refractivity contribution < 1.29 is 9.90 Å². The number of hydrogen-bond acceptors (Lipinski definition) is 3. The van der Waals surface area contributed by atoms with Gasteiger partial charge in [-0.1, -0.05) is 50.2 Å². The summed E-state index contributed by atoms with van der Waals surface area (Å²) < 4.78 is 2.11. The maximum Gasteiger partial charge on any atom is 0.313 e. The quantitative estimate of drug-likeness (QED) is 0.795. The topological polar surface area (TPSA) is 55.1 Å². The lowest BCUT2D eigenvalue weighted by atomic mass is 10.0. The predicted octanol–water partition coefficient (Wildman–Crippen LogP) is 4.47. The van der Waals surface area contributed by atoms with Gasteiger partial charge in [0.05, 0.1) is 21.8 Å². The zero-order chi connectivity index (χ0) is 15.6. The summed E-state index contributed by atoms with van der Waals surface area (Å²) in [6.45, 7) is 6.43. The summed E-state index contributed by atoms with van der Waals surface area (Å²) in [4.78, 5) is 15.4. The lowest BCUT2D eigenvalue weighted by Gasteiger charge is -2.24. The van der Waals surface area contributed by atoms with E-state index in [-0.39, 0.29) is 11.8 Å². The number of hydrogen-bond donors (Lipinski definition) is 1. The third-order valence-electron chi connectivity index (χ3n) is 3.47. The van der Waals surface area contributed by atoms with Crippen molar-refractivity contribution in [2.45, 2.75) is 38.4 Å². The molecule has 1 aromatic heterocycles. The second-order valence-corrected chi connectivity index (χ2v) is 6.62. The molecule has 6 heteroatoms. The number of nitrogens with zero attached hydrogens (tertiary/aromatic N) is 2. The Morgan fingerprint density at radius 3 is 2.76 bits per heavy atom. The van der Waals surface area contributed by atoms with Crippen molar-refractivity contribution in [3.05, 3.63) is 23.2 Å². The van der Waals surface area contributed by atoms with E-state index in [1.54, 1.807) is 0 Å². The Morgan fingerprint density at radius 2 is 2.19 bits per heavy atom. The van der Waals surface area contributed by atoms with Crippen molar-refractivity contribution in [1.29, 1.82) is 0 Å². The molecule has 4 nitrogen and oxygen atoms in total. The summed E-state index contributed by atoms with van der Waals surface area (Å²) in [6.07, 6.45) is 0.939. The molecule has 0 aliphatic carbocycles. The minimum atomic E-state index is -0.845. The van der Waals surface area contributed by atoms with Gasteiger partial charge < -0.3 is 9.67 Å². The van der Waals surface area contributed by atoms with E-state index >= 15 is 0 Å². The molecule has 1 aromatic carbocycles. The second-order valence-electron chi connectivity index (χ2n) is 5.27. The Hall–Kier alpha value is -1.20. The van der Waals surface area contributed by atoms with Gasteiger partial charge in [-0.2, -0.15) is 0 Å². The van der Waals surface area contributed by atoms with Gasteiger partial charge in [-0.05, 0) is 24.5 Å². The molecule has 1 atom stereocenters. The normalized spacial score (nSPS) is 13.0. The molecule has 1 unspecified atom stereocenters. The van der Waals surface area contributed by atoms with Crippen LogP contribution in [-0.2, 0) is 4.79 Å². The van der Waals surface area contributed by atoms with Crippen molar-refractivity contribution in [1.82, 2.24) is 9.55 Å². The van der Waals surface area contributed by atoms with Crippen molar-refractivity contribution in [3.63, 3.8) is 0 Å². The lowest BCUT2D eigenvalue weighted by Crippen LogP contribution is -2.16. The minimum Gasteiger partial charge on any atom is -0.481 e. The molecule has 2 rings (SSSR count). The van der Waals surface area contributed by atoms with E-state index in [4.69, 9.17) is 16.7 Å². The molecule has 2 aromatic rings. The number of fused-ring (bicyclic) bond motifs is 1. The second kappa shape index (κ2) is 6.71. The largest absolute Gasteiger partial charge is 0.481 e. The summed E-state index contributed by atoms with van der Waals surface area (Å²) in [7, 11) is 0. The molecule has 0 aliphatic rings. The van der Waals surface area contributed by atoms with Crippen LogP contribution in [0.5, 0.6) is 0 Å². The van der Waals surface area contributed by atoms with Crippen LogP contribution >= 0.6 is 23.4 Å². The third-order valence-corrected chi connectivity index (χ3v) is 4.72. The minimum absolute atomic E-state index is 0.00449. The van der Waals surface area contributed by atoms with E-state index < -0.39 is 5.97 Å². The SMILES string of the molecule is CCC(C(C)C)n1c(SCC(=O)O)nc2cccc(Cl)c21. The Bertz CT molecular complexity index is 654. The monoisotopic (exact) mass is 326 g/mol. The average molecular weight is 327 g/mol. The van der Waals surface area contributed by atoms with Crippen molar-refractivity contribution in [3.8, 4) is 0 Å². The van der Waals surface area contributed by atoms with E-state index in [2.05, 4.69) is 30.3 Å². The molecule has 0 saturated heterocycles. The van der Waals surface area contributed by atoms with Crippen molar-refractivity contribution >= 4 is 40.4 Å². The highest BCUT2D eigenvalue weighted by molar-refractivity contribution is 7.99. The van der Waals surface area contributed by atoms with Crippen LogP contribution in [0.15, 0.2) is 23.4 Å². The molecule has 0 aliphatic heterocycles. The van der Waals surface area contributed by atoms with Gasteiger partial charge in [0.15, 0.2) is 5.16 Å². The number of benzene rings is 1. The summed E-state index contributed by atoms with van der Waals surface area (Å²) in [6, 6.07) is 5.87. The first-order valence-electron chi connectivity index (χ1n) is 6.96. The van der Waals surface area contributed by atoms with Crippen LogP contribution in [0.2, 0.25) is 5.02 Å². The molecule has 0 fully saturated rings. The van der Waals surface area contributed by atoms with Crippen LogP contribution in [0.25, 0.3) is 11.0 Å². The number of thioether (sulfide) groups is 1. The maximum absolute atomic E-state index is 10.9. The van der Waals surface area contributed by atoms with Crippen LogP contribution in [0.1, 0.15) is 33.2 Å². The molecule has 0 amide bonds. The molecular weight excluding hydrogens is 308 g/mol.